The number of hydrogen-bond acceptors (Lipinski definition) is 1. The highest BCUT2D eigenvalue weighted by Gasteiger charge is 2.10. The van der Waals surface area contributed by atoms with Crippen molar-refractivity contribution in [2.24, 2.45) is 0 Å². The van der Waals surface area contributed by atoms with Crippen LogP contribution in [0.1, 0.15) is 67.5 Å². The molecule has 0 radical (unpaired) electrons. The second kappa shape index (κ2) is 13.6. The summed E-state index contributed by atoms with van der Waals surface area (Å²) in [5, 5.41) is 4.41. The van der Waals surface area contributed by atoms with Crippen LogP contribution in [0, 0.1) is 6.92 Å². The Morgan fingerprint density at radius 3 is 2.38 bits per heavy atom. The Morgan fingerprint density at radius 1 is 1.00 bits per heavy atom. The molecule has 1 unspecified atom stereocenters. The summed E-state index contributed by atoms with van der Waals surface area (Å²) in [7, 11) is 0. The van der Waals surface area contributed by atoms with Gasteiger partial charge < -0.3 is 5.32 Å². The molecule has 3 rings (SSSR count). The molecule has 1 atom stereocenters. The molecule has 0 saturated carbocycles. The van der Waals surface area contributed by atoms with Crippen LogP contribution < -0.4 is 5.32 Å². The number of rotatable bonds is 8. The van der Waals surface area contributed by atoms with E-state index >= 15 is 0 Å². The largest absolute Gasteiger partial charge is 0.378 e. The Labute approximate surface area is 199 Å². The van der Waals surface area contributed by atoms with Crippen molar-refractivity contribution >= 4 is 23.4 Å². The summed E-state index contributed by atoms with van der Waals surface area (Å²) in [6, 6.07) is 25.3. The molecule has 0 aliphatic carbocycles. The van der Waals surface area contributed by atoms with E-state index in [0.29, 0.717) is 6.04 Å². The highest BCUT2D eigenvalue weighted by Crippen LogP contribution is 2.23. The minimum absolute atomic E-state index is 0.292. The molecule has 0 fully saturated rings. The van der Waals surface area contributed by atoms with E-state index in [1.807, 2.05) is 31.2 Å². The highest BCUT2D eigenvalue weighted by molar-refractivity contribution is 6.30. The quantitative estimate of drug-likeness (QED) is 0.364. The summed E-state index contributed by atoms with van der Waals surface area (Å²) in [5.74, 6) is 0. The van der Waals surface area contributed by atoms with Crippen LogP contribution in [-0.4, -0.2) is 0 Å². The maximum Gasteiger partial charge on any atom is 0.0511 e. The summed E-state index contributed by atoms with van der Waals surface area (Å²) < 4.78 is 0. The van der Waals surface area contributed by atoms with E-state index in [4.69, 9.17) is 11.6 Å². The first kappa shape index (κ1) is 25.5. The van der Waals surface area contributed by atoms with Crippen LogP contribution in [-0.2, 0) is 6.42 Å². The third-order valence-corrected chi connectivity index (χ3v) is 5.60. The average molecular weight is 446 g/mol. The maximum atomic E-state index is 5.78. The molecule has 0 aliphatic rings. The fourth-order valence-electron chi connectivity index (χ4n) is 3.57. The first-order valence-electron chi connectivity index (χ1n) is 11.5. The Bertz CT molecular complexity index is 1000. The van der Waals surface area contributed by atoms with E-state index in [1.165, 1.54) is 28.7 Å². The van der Waals surface area contributed by atoms with Gasteiger partial charge in [0, 0.05) is 10.7 Å². The number of allylic oxidation sites excluding steroid dienone is 1. The van der Waals surface area contributed by atoms with E-state index < -0.39 is 0 Å². The zero-order valence-corrected chi connectivity index (χ0v) is 20.6. The van der Waals surface area contributed by atoms with Crippen molar-refractivity contribution in [1.82, 2.24) is 5.32 Å². The topological polar surface area (TPSA) is 12.0 Å². The van der Waals surface area contributed by atoms with Gasteiger partial charge in [-0.05, 0) is 72.7 Å². The van der Waals surface area contributed by atoms with E-state index in [9.17, 15) is 0 Å². The molecule has 0 bridgehead atoms. The van der Waals surface area contributed by atoms with Crippen molar-refractivity contribution in [3.8, 4) is 0 Å². The minimum Gasteiger partial charge on any atom is -0.378 e. The Balaban J connectivity index is 0.000000303. The lowest BCUT2D eigenvalue weighted by Gasteiger charge is -2.21. The molecule has 3 aromatic rings. The zero-order valence-electron chi connectivity index (χ0n) is 19.9. The van der Waals surface area contributed by atoms with Crippen molar-refractivity contribution in [3.63, 3.8) is 0 Å². The molecule has 32 heavy (non-hydrogen) atoms. The minimum atomic E-state index is 0.292. The number of hydrogen-bond donors (Lipinski definition) is 1. The van der Waals surface area contributed by atoms with E-state index in [2.05, 4.69) is 93.3 Å². The summed E-state index contributed by atoms with van der Waals surface area (Å²) in [6.07, 6.45) is 7.54. The molecule has 1 nitrogen and oxygen atoms in total. The van der Waals surface area contributed by atoms with Gasteiger partial charge in [0.2, 0.25) is 0 Å². The van der Waals surface area contributed by atoms with Crippen LogP contribution in [0.25, 0.3) is 11.8 Å². The Morgan fingerprint density at radius 2 is 1.75 bits per heavy atom. The summed E-state index contributed by atoms with van der Waals surface area (Å²) in [4.78, 5) is 0. The van der Waals surface area contributed by atoms with Crippen LogP contribution in [0.2, 0.25) is 5.02 Å². The summed E-state index contributed by atoms with van der Waals surface area (Å²) in [6.45, 7) is 12.8. The molecule has 0 spiro atoms. The van der Waals surface area contributed by atoms with Crippen molar-refractivity contribution in [2.45, 2.75) is 53.0 Å². The third kappa shape index (κ3) is 8.05. The van der Waals surface area contributed by atoms with Crippen LogP contribution in [0.15, 0.2) is 85.5 Å². The molecule has 0 aromatic heterocycles. The third-order valence-electron chi connectivity index (χ3n) is 5.36. The average Bonchev–Trinajstić information content (AvgIpc) is 2.80. The predicted octanol–water partition coefficient (Wildman–Crippen LogP) is 9.03. The molecule has 168 valence electrons. The van der Waals surface area contributed by atoms with Crippen molar-refractivity contribution < 1.29 is 0 Å². The normalized spacial score (nSPS) is 11.5. The monoisotopic (exact) mass is 445 g/mol. The highest BCUT2D eigenvalue weighted by atomic mass is 35.5. The van der Waals surface area contributed by atoms with Crippen LogP contribution >= 0.6 is 11.6 Å². The van der Waals surface area contributed by atoms with E-state index in [1.54, 1.807) is 0 Å². The molecule has 0 heterocycles. The van der Waals surface area contributed by atoms with Crippen LogP contribution in [0.3, 0.4) is 0 Å². The van der Waals surface area contributed by atoms with Gasteiger partial charge in [0.15, 0.2) is 0 Å². The van der Waals surface area contributed by atoms with Gasteiger partial charge in [0.05, 0.1) is 6.04 Å². The molecular weight excluding hydrogens is 410 g/mol. The van der Waals surface area contributed by atoms with Gasteiger partial charge in [-0.1, -0.05) is 105 Å². The molecule has 0 saturated heterocycles. The van der Waals surface area contributed by atoms with Crippen LogP contribution in [0.4, 0.5) is 0 Å². The van der Waals surface area contributed by atoms with Gasteiger partial charge in [0.25, 0.3) is 0 Å². The molecule has 1 N–H and O–H groups in total. The summed E-state index contributed by atoms with van der Waals surface area (Å²) >= 11 is 5.78. The molecular formula is C30H36ClN. The second-order valence-corrected chi connectivity index (χ2v) is 8.38. The van der Waals surface area contributed by atoms with Gasteiger partial charge >= 0.3 is 0 Å². The fourth-order valence-corrected chi connectivity index (χ4v) is 3.78. The Kier molecular flexibility index (Phi) is 10.8. The van der Waals surface area contributed by atoms with Gasteiger partial charge in [-0.25, -0.2) is 0 Å². The van der Waals surface area contributed by atoms with Gasteiger partial charge in [-0.3, -0.25) is 0 Å². The lowest BCUT2D eigenvalue weighted by molar-refractivity contribution is 0.614. The summed E-state index contributed by atoms with van der Waals surface area (Å²) in [5.41, 5.74) is 7.27. The van der Waals surface area contributed by atoms with E-state index in [-0.39, 0.29) is 0 Å². The standard InChI is InChI=1S/C21H25N.C9H11Cl/c1-5-10-19-15-20(14-13-16(19)3)17(4)22-21(6-2)18-11-8-7-9-12-18;1-2-4-8-5-3-6-9(10)7-8/h5,7-15,21-22H,4,6H2,1-3H3;3,5-7H,2,4H2,1H3/b10-5-;. The number of aryl methyl sites for hydroxylation is 2. The maximum absolute atomic E-state index is 5.78. The molecule has 0 aliphatic heterocycles. The SMILES string of the molecule is C=C(NC(CC)c1ccccc1)c1ccc(C)c(/C=C\C)c1.CCCc1cccc(Cl)c1. The fraction of sp³-hybridized carbons (Fsp3) is 0.267. The van der Waals surface area contributed by atoms with Crippen molar-refractivity contribution in [2.75, 3.05) is 0 Å². The predicted molar refractivity (Wildman–Crippen MR) is 143 cm³/mol. The van der Waals surface area contributed by atoms with Crippen molar-refractivity contribution in [3.05, 3.63) is 118 Å². The van der Waals surface area contributed by atoms with Crippen LogP contribution in [0.5, 0.6) is 0 Å². The zero-order chi connectivity index (χ0) is 23.3. The van der Waals surface area contributed by atoms with Gasteiger partial charge in [-0.15, -0.1) is 0 Å². The molecule has 3 aromatic carbocycles. The number of benzene rings is 3. The second-order valence-electron chi connectivity index (χ2n) is 7.95. The molecule has 0 amide bonds. The lowest BCUT2D eigenvalue weighted by atomic mass is 10.0. The first-order valence-corrected chi connectivity index (χ1v) is 11.8. The Hall–Kier alpha value is -2.77. The van der Waals surface area contributed by atoms with Gasteiger partial charge in [0.1, 0.15) is 0 Å². The van der Waals surface area contributed by atoms with Gasteiger partial charge in [-0.2, -0.15) is 0 Å². The van der Waals surface area contributed by atoms with E-state index in [0.717, 1.165) is 29.1 Å². The lowest BCUT2D eigenvalue weighted by Crippen LogP contribution is -2.18. The van der Waals surface area contributed by atoms with Crippen molar-refractivity contribution in [1.29, 1.82) is 0 Å². The number of nitrogens with one attached hydrogen (secondary N) is 1. The smallest absolute Gasteiger partial charge is 0.0511 e. The molecule has 2 heteroatoms. The first-order chi connectivity index (χ1) is 15.5. The number of halogens is 1.